The van der Waals surface area contributed by atoms with E-state index < -0.39 is 15.8 Å². The summed E-state index contributed by atoms with van der Waals surface area (Å²) in [5.74, 6) is 0.340. The summed E-state index contributed by atoms with van der Waals surface area (Å²) in [4.78, 5) is 0.893. The summed E-state index contributed by atoms with van der Waals surface area (Å²) in [5, 5.41) is 7.73. The van der Waals surface area contributed by atoms with Gasteiger partial charge in [-0.3, -0.25) is 0 Å². The summed E-state index contributed by atoms with van der Waals surface area (Å²) in [6, 6.07) is 5.45. The smallest absolute Gasteiger partial charge is 0.271 e. The number of sulfonamides is 1. The highest BCUT2D eigenvalue weighted by atomic mass is 32.2. The summed E-state index contributed by atoms with van der Waals surface area (Å²) in [5.41, 5.74) is 0. The first-order valence-corrected chi connectivity index (χ1v) is 8.78. The molecule has 1 aromatic heterocycles. The van der Waals surface area contributed by atoms with Crippen LogP contribution in [0.1, 0.15) is 11.8 Å². The number of benzene rings is 1. The lowest BCUT2D eigenvalue weighted by Gasteiger charge is -2.30. The topological polar surface area (TPSA) is 80.7 Å². The van der Waals surface area contributed by atoms with E-state index >= 15 is 0 Å². The second-order valence-electron chi connectivity index (χ2n) is 5.48. The SMILES string of the molecule is Cc1nnc(C[NH+]2CCN(S(=O)(=O)c3ccccc3F)CC2)o1. The van der Waals surface area contributed by atoms with Gasteiger partial charge in [0.05, 0.1) is 26.2 Å². The molecule has 0 amide bonds. The van der Waals surface area contributed by atoms with Crippen LogP contribution in [-0.2, 0) is 16.6 Å². The molecule has 1 saturated heterocycles. The van der Waals surface area contributed by atoms with E-state index in [-0.39, 0.29) is 4.90 Å². The lowest BCUT2D eigenvalue weighted by atomic mass is 10.3. The lowest BCUT2D eigenvalue weighted by molar-refractivity contribution is -0.918. The minimum atomic E-state index is -3.79. The van der Waals surface area contributed by atoms with Crippen LogP contribution >= 0.6 is 0 Å². The zero-order valence-electron chi connectivity index (χ0n) is 12.7. The molecule has 2 aromatic rings. The standard InChI is InChI=1S/C14H17FN4O3S/c1-11-16-17-14(22-11)10-18-6-8-19(9-7-18)23(20,21)13-5-3-2-4-12(13)15/h2-5H,6-10H2,1H3/p+1. The quantitative estimate of drug-likeness (QED) is 0.819. The first-order valence-electron chi connectivity index (χ1n) is 7.34. The first-order chi connectivity index (χ1) is 11.0. The minimum absolute atomic E-state index is 0.268. The number of nitrogens with zero attached hydrogens (tertiary/aromatic N) is 3. The van der Waals surface area contributed by atoms with Crippen LogP contribution in [-0.4, -0.2) is 49.1 Å². The van der Waals surface area contributed by atoms with Gasteiger partial charge in [-0.05, 0) is 12.1 Å². The van der Waals surface area contributed by atoms with Gasteiger partial charge in [-0.15, -0.1) is 10.2 Å². The van der Waals surface area contributed by atoms with Crippen LogP contribution in [0, 0.1) is 12.7 Å². The number of aryl methyl sites for hydroxylation is 1. The molecular formula is C14H18FN4O3S+. The van der Waals surface area contributed by atoms with Crippen molar-refractivity contribution in [1.82, 2.24) is 14.5 Å². The molecule has 0 bridgehead atoms. The van der Waals surface area contributed by atoms with E-state index in [9.17, 15) is 12.8 Å². The number of rotatable bonds is 4. The third-order valence-electron chi connectivity index (χ3n) is 3.85. The molecule has 124 valence electrons. The molecule has 1 fully saturated rings. The van der Waals surface area contributed by atoms with E-state index in [1.807, 2.05) is 0 Å². The Morgan fingerprint density at radius 1 is 1.26 bits per heavy atom. The molecule has 1 aliphatic heterocycles. The number of aromatic nitrogens is 2. The van der Waals surface area contributed by atoms with E-state index in [0.717, 1.165) is 11.0 Å². The highest BCUT2D eigenvalue weighted by molar-refractivity contribution is 7.89. The second-order valence-corrected chi connectivity index (χ2v) is 7.38. The van der Waals surface area contributed by atoms with Crippen molar-refractivity contribution in [2.24, 2.45) is 0 Å². The number of quaternary nitrogens is 1. The second kappa shape index (κ2) is 6.34. The van der Waals surface area contributed by atoms with E-state index in [1.54, 1.807) is 6.92 Å². The highest BCUT2D eigenvalue weighted by Gasteiger charge is 2.32. The Hall–Kier alpha value is -1.84. The van der Waals surface area contributed by atoms with Gasteiger partial charge in [-0.1, -0.05) is 12.1 Å². The molecule has 3 rings (SSSR count). The predicted octanol–water partition coefficient (Wildman–Crippen LogP) is -0.393. The molecule has 2 heterocycles. The van der Waals surface area contributed by atoms with Gasteiger partial charge in [0.1, 0.15) is 10.7 Å². The normalized spacial score (nSPS) is 17.5. The van der Waals surface area contributed by atoms with Crippen molar-refractivity contribution in [3.05, 3.63) is 41.9 Å². The van der Waals surface area contributed by atoms with Gasteiger partial charge in [0.2, 0.25) is 15.9 Å². The average molecular weight is 341 g/mol. The monoisotopic (exact) mass is 341 g/mol. The number of hydrogen-bond donors (Lipinski definition) is 1. The number of halogens is 1. The molecule has 0 unspecified atom stereocenters. The largest absolute Gasteiger partial charge is 0.420 e. The maximum absolute atomic E-state index is 13.8. The number of hydrogen-bond acceptors (Lipinski definition) is 5. The summed E-state index contributed by atoms with van der Waals surface area (Å²) in [7, 11) is -3.79. The molecule has 1 N–H and O–H groups in total. The molecule has 0 aliphatic carbocycles. The molecule has 23 heavy (non-hydrogen) atoms. The molecule has 1 aliphatic rings. The van der Waals surface area contributed by atoms with Gasteiger partial charge >= 0.3 is 0 Å². The fourth-order valence-corrected chi connectivity index (χ4v) is 4.14. The van der Waals surface area contributed by atoms with Crippen LogP contribution in [0.25, 0.3) is 0 Å². The van der Waals surface area contributed by atoms with Crippen molar-refractivity contribution in [2.75, 3.05) is 26.2 Å². The van der Waals surface area contributed by atoms with Crippen LogP contribution in [0.3, 0.4) is 0 Å². The third-order valence-corrected chi connectivity index (χ3v) is 5.78. The van der Waals surface area contributed by atoms with Crippen molar-refractivity contribution in [3.8, 4) is 0 Å². The molecule has 7 nitrogen and oxygen atoms in total. The van der Waals surface area contributed by atoms with Crippen LogP contribution in [0.15, 0.2) is 33.6 Å². The Balaban J connectivity index is 1.65. The maximum Gasteiger partial charge on any atom is 0.271 e. The van der Waals surface area contributed by atoms with Crippen LogP contribution in [0.4, 0.5) is 4.39 Å². The zero-order chi connectivity index (χ0) is 16.4. The van der Waals surface area contributed by atoms with Crippen molar-refractivity contribution < 1.29 is 22.1 Å². The van der Waals surface area contributed by atoms with Gasteiger partial charge in [-0.2, -0.15) is 4.31 Å². The van der Waals surface area contributed by atoms with E-state index in [4.69, 9.17) is 4.42 Å². The fourth-order valence-electron chi connectivity index (χ4n) is 2.64. The van der Waals surface area contributed by atoms with Crippen LogP contribution in [0.2, 0.25) is 0 Å². The van der Waals surface area contributed by atoms with Crippen molar-refractivity contribution in [1.29, 1.82) is 0 Å². The van der Waals surface area contributed by atoms with Crippen LogP contribution in [0.5, 0.6) is 0 Å². The molecule has 0 radical (unpaired) electrons. The van der Waals surface area contributed by atoms with E-state index in [0.29, 0.717) is 44.5 Å². The molecule has 0 spiro atoms. The van der Waals surface area contributed by atoms with E-state index in [2.05, 4.69) is 10.2 Å². The predicted molar refractivity (Wildman–Crippen MR) is 78.6 cm³/mol. The van der Waals surface area contributed by atoms with Gasteiger partial charge in [0.15, 0.2) is 6.54 Å². The fraction of sp³-hybridized carbons (Fsp3) is 0.429. The Morgan fingerprint density at radius 3 is 2.57 bits per heavy atom. The molecular weight excluding hydrogens is 323 g/mol. The van der Waals surface area contributed by atoms with Crippen molar-refractivity contribution >= 4 is 10.0 Å². The molecule has 0 saturated carbocycles. The number of nitrogens with one attached hydrogen (secondary N) is 1. The summed E-state index contributed by atoms with van der Waals surface area (Å²) < 4.78 is 45.5. The van der Waals surface area contributed by atoms with Gasteiger partial charge in [0.25, 0.3) is 5.89 Å². The molecule has 9 heteroatoms. The summed E-state index contributed by atoms with van der Waals surface area (Å²) in [6.45, 7) is 4.17. The third kappa shape index (κ3) is 3.41. The van der Waals surface area contributed by atoms with E-state index in [1.165, 1.54) is 22.5 Å². The zero-order valence-corrected chi connectivity index (χ0v) is 13.5. The van der Waals surface area contributed by atoms with Crippen molar-refractivity contribution in [2.45, 2.75) is 18.4 Å². The maximum atomic E-state index is 13.8. The highest BCUT2D eigenvalue weighted by Crippen LogP contribution is 2.18. The summed E-state index contributed by atoms with van der Waals surface area (Å²) in [6.07, 6.45) is 0. The lowest BCUT2D eigenvalue weighted by Crippen LogP contribution is -3.13. The average Bonchev–Trinajstić information content (AvgIpc) is 2.93. The summed E-state index contributed by atoms with van der Waals surface area (Å²) >= 11 is 0. The Bertz CT molecular complexity index is 785. The minimum Gasteiger partial charge on any atom is -0.420 e. The van der Waals surface area contributed by atoms with Gasteiger partial charge in [-0.25, -0.2) is 12.8 Å². The Kier molecular flexibility index (Phi) is 4.42. The van der Waals surface area contributed by atoms with Crippen molar-refractivity contribution in [3.63, 3.8) is 0 Å². The Morgan fingerprint density at radius 2 is 1.96 bits per heavy atom. The van der Waals surface area contributed by atoms with Crippen LogP contribution < -0.4 is 4.90 Å². The molecule has 0 atom stereocenters. The number of piperazine rings is 1. The first kappa shape index (κ1) is 16.0. The van der Waals surface area contributed by atoms with Gasteiger partial charge in [0, 0.05) is 6.92 Å². The van der Waals surface area contributed by atoms with Gasteiger partial charge < -0.3 is 9.32 Å². The molecule has 1 aromatic carbocycles. The Labute approximate surface area is 133 Å².